The highest BCUT2D eigenvalue weighted by atomic mass is 35.5. The van der Waals surface area contributed by atoms with Crippen molar-refractivity contribution >= 4 is 29.1 Å². The van der Waals surface area contributed by atoms with Crippen molar-refractivity contribution in [3.8, 4) is 0 Å². The van der Waals surface area contributed by atoms with Crippen LogP contribution >= 0.6 is 11.6 Å². The molecular weight excluding hydrogens is 426 g/mol. The lowest BCUT2D eigenvalue weighted by Gasteiger charge is -2.35. The fourth-order valence-corrected chi connectivity index (χ4v) is 3.69. The number of benzene rings is 2. The Morgan fingerprint density at radius 2 is 1.81 bits per heavy atom. The summed E-state index contributed by atoms with van der Waals surface area (Å²) in [6.07, 6.45) is 0. The SMILES string of the molecule is CN(CC(=O)N1CCN(CC(=O)Nc2cccc(F)c2)CC1)Cc1c(F)cccc1Cl. The molecule has 9 heteroatoms. The van der Waals surface area contributed by atoms with E-state index in [1.807, 2.05) is 4.90 Å². The molecule has 0 spiro atoms. The molecule has 166 valence electrons. The number of nitrogens with one attached hydrogen (secondary N) is 1. The summed E-state index contributed by atoms with van der Waals surface area (Å²) in [4.78, 5) is 30.2. The first-order valence-corrected chi connectivity index (χ1v) is 10.4. The Hall–Kier alpha value is -2.55. The summed E-state index contributed by atoms with van der Waals surface area (Å²) in [6.45, 7) is 2.67. The summed E-state index contributed by atoms with van der Waals surface area (Å²) in [6, 6.07) is 10.3. The van der Waals surface area contributed by atoms with Gasteiger partial charge in [-0.2, -0.15) is 0 Å². The third-order valence-electron chi connectivity index (χ3n) is 5.10. The third kappa shape index (κ3) is 6.72. The number of hydrogen-bond acceptors (Lipinski definition) is 4. The molecule has 1 saturated heterocycles. The van der Waals surface area contributed by atoms with E-state index in [0.29, 0.717) is 42.5 Å². The van der Waals surface area contributed by atoms with Crippen molar-refractivity contribution in [1.82, 2.24) is 14.7 Å². The van der Waals surface area contributed by atoms with Gasteiger partial charge in [0.2, 0.25) is 11.8 Å². The van der Waals surface area contributed by atoms with Gasteiger partial charge < -0.3 is 10.2 Å². The molecule has 2 aromatic carbocycles. The molecule has 1 aliphatic rings. The van der Waals surface area contributed by atoms with Crippen LogP contribution in [0.3, 0.4) is 0 Å². The van der Waals surface area contributed by atoms with Gasteiger partial charge in [-0.15, -0.1) is 0 Å². The normalized spacial score (nSPS) is 14.7. The van der Waals surface area contributed by atoms with E-state index in [1.165, 1.54) is 24.3 Å². The zero-order valence-electron chi connectivity index (χ0n) is 17.3. The Bertz CT molecular complexity index is 915. The molecule has 1 fully saturated rings. The van der Waals surface area contributed by atoms with E-state index >= 15 is 0 Å². The average molecular weight is 451 g/mol. The Morgan fingerprint density at radius 3 is 2.48 bits per heavy atom. The van der Waals surface area contributed by atoms with Gasteiger partial charge in [0, 0.05) is 49.0 Å². The first-order chi connectivity index (χ1) is 14.8. The number of hydrogen-bond donors (Lipinski definition) is 1. The van der Waals surface area contributed by atoms with Crippen LogP contribution < -0.4 is 5.32 Å². The molecule has 1 N–H and O–H groups in total. The highest BCUT2D eigenvalue weighted by Crippen LogP contribution is 2.20. The lowest BCUT2D eigenvalue weighted by Crippen LogP contribution is -2.52. The Kier molecular flexibility index (Phi) is 7.95. The van der Waals surface area contributed by atoms with E-state index in [-0.39, 0.29) is 31.4 Å². The number of amides is 2. The molecule has 2 amide bonds. The van der Waals surface area contributed by atoms with Crippen molar-refractivity contribution in [2.45, 2.75) is 6.54 Å². The number of nitrogens with zero attached hydrogens (tertiary/aromatic N) is 3. The van der Waals surface area contributed by atoms with Gasteiger partial charge in [-0.3, -0.25) is 19.4 Å². The highest BCUT2D eigenvalue weighted by Gasteiger charge is 2.23. The fraction of sp³-hybridized carbons (Fsp3) is 0.364. The fourth-order valence-electron chi connectivity index (χ4n) is 3.47. The van der Waals surface area contributed by atoms with Crippen LogP contribution in [0.25, 0.3) is 0 Å². The second-order valence-electron chi connectivity index (χ2n) is 7.59. The summed E-state index contributed by atoms with van der Waals surface area (Å²) in [5, 5.41) is 3.01. The van der Waals surface area contributed by atoms with Crippen molar-refractivity contribution in [3.05, 3.63) is 64.7 Å². The Balaban J connectivity index is 1.42. The van der Waals surface area contributed by atoms with E-state index < -0.39 is 11.6 Å². The zero-order valence-corrected chi connectivity index (χ0v) is 18.0. The molecule has 1 aliphatic heterocycles. The molecule has 0 bridgehead atoms. The number of carbonyl (C=O) groups excluding carboxylic acids is 2. The lowest BCUT2D eigenvalue weighted by atomic mass is 10.2. The topological polar surface area (TPSA) is 55.9 Å². The van der Waals surface area contributed by atoms with Crippen LogP contribution in [0.4, 0.5) is 14.5 Å². The van der Waals surface area contributed by atoms with Gasteiger partial charge in [0.15, 0.2) is 0 Å². The minimum Gasteiger partial charge on any atom is -0.339 e. The minimum absolute atomic E-state index is 0.0566. The van der Waals surface area contributed by atoms with Gasteiger partial charge in [0.05, 0.1) is 13.1 Å². The van der Waals surface area contributed by atoms with E-state index in [9.17, 15) is 18.4 Å². The molecule has 1 heterocycles. The van der Waals surface area contributed by atoms with Crippen molar-refractivity contribution < 1.29 is 18.4 Å². The number of halogens is 3. The molecule has 0 atom stereocenters. The van der Waals surface area contributed by atoms with Gasteiger partial charge in [-0.25, -0.2) is 8.78 Å². The quantitative estimate of drug-likeness (QED) is 0.704. The second-order valence-corrected chi connectivity index (χ2v) is 8.00. The minimum atomic E-state index is -0.410. The molecule has 0 aliphatic carbocycles. The molecular formula is C22H25ClF2N4O2. The van der Waals surface area contributed by atoms with Crippen LogP contribution in [-0.4, -0.2) is 72.8 Å². The van der Waals surface area contributed by atoms with Gasteiger partial charge in [-0.05, 0) is 37.4 Å². The van der Waals surface area contributed by atoms with Crippen molar-refractivity contribution in [1.29, 1.82) is 0 Å². The molecule has 31 heavy (non-hydrogen) atoms. The standard InChI is InChI=1S/C22H25ClF2N4O2/c1-27(13-18-19(23)6-3-7-20(18)25)15-22(31)29-10-8-28(9-11-29)14-21(30)26-17-5-2-4-16(24)12-17/h2-7,12H,8-11,13-15H2,1H3,(H,26,30). The predicted octanol–water partition coefficient (Wildman–Crippen LogP) is 2.83. The monoisotopic (exact) mass is 450 g/mol. The number of anilines is 1. The van der Waals surface area contributed by atoms with Crippen LogP contribution in [0.1, 0.15) is 5.56 Å². The first-order valence-electron chi connectivity index (χ1n) is 9.99. The Morgan fingerprint density at radius 1 is 1.10 bits per heavy atom. The van der Waals surface area contributed by atoms with E-state index in [1.54, 1.807) is 35.0 Å². The molecule has 3 rings (SSSR count). The third-order valence-corrected chi connectivity index (χ3v) is 5.45. The molecule has 0 radical (unpaired) electrons. The second kappa shape index (κ2) is 10.7. The molecule has 0 aromatic heterocycles. The van der Waals surface area contributed by atoms with Crippen LogP contribution in [0.15, 0.2) is 42.5 Å². The van der Waals surface area contributed by atoms with E-state index in [4.69, 9.17) is 11.6 Å². The molecule has 0 saturated carbocycles. The summed E-state index contributed by atoms with van der Waals surface area (Å²) < 4.78 is 27.2. The van der Waals surface area contributed by atoms with Crippen LogP contribution in [0.5, 0.6) is 0 Å². The molecule has 2 aromatic rings. The summed E-state index contributed by atoms with van der Waals surface area (Å²) in [5.74, 6) is -1.09. The smallest absolute Gasteiger partial charge is 0.238 e. The summed E-state index contributed by atoms with van der Waals surface area (Å²) in [5.41, 5.74) is 0.783. The van der Waals surface area contributed by atoms with Crippen molar-refractivity contribution in [2.75, 3.05) is 51.6 Å². The lowest BCUT2D eigenvalue weighted by molar-refractivity contribution is -0.134. The van der Waals surface area contributed by atoms with Crippen LogP contribution in [0.2, 0.25) is 5.02 Å². The van der Waals surface area contributed by atoms with Crippen molar-refractivity contribution in [2.24, 2.45) is 0 Å². The highest BCUT2D eigenvalue weighted by molar-refractivity contribution is 6.31. The summed E-state index contributed by atoms with van der Waals surface area (Å²) >= 11 is 6.06. The average Bonchev–Trinajstić information content (AvgIpc) is 2.71. The maximum absolute atomic E-state index is 13.9. The molecule has 0 unspecified atom stereocenters. The predicted molar refractivity (Wildman–Crippen MR) is 116 cm³/mol. The van der Waals surface area contributed by atoms with Gasteiger partial charge in [0.25, 0.3) is 0 Å². The van der Waals surface area contributed by atoms with Gasteiger partial charge >= 0.3 is 0 Å². The van der Waals surface area contributed by atoms with Crippen LogP contribution in [0, 0.1) is 11.6 Å². The Labute approximate surface area is 185 Å². The van der Waals surface area contributed by atoms with Gasteiger partial charge in [0.1, 0.15) is 11.6 Å². The maximum Gasteiger partial charge on any atom is 0.238 e. The first kappa shape index (κ1) is 23.1. The van der Waals surface area contributed by atoms with Gasteiger partial charge in [-0.1, -0.05) is 23.7 Å². The number of likely N-dealkylation sites (N-methyl/N-ethyl adjacent to an activating group) is 1. The maximum atomic E-state index is 13.9. The van der Waals surface area contributed by atoms with Crippen LogP contribution in [-0.2, 0) is 16.1 Å². The number of carbonyl (C=O) groups is 2. The number of rotatable bonds is 7. The van der Waals surface area contributed by atoms with Crippen molar-refractivity contribution in [3.63, 3.8) is 0 Å². The number of piperazine rings is 1. The molecule has 6 nitrogen and oxygen atoms in total. The van der Waals surface area contributed by atoms with E-state index in [0.717, 1.165) is 0 Å². The van der Waals surface area contributed by atoms with E-state index in [2.05, 4.69) is 5.32 Å². The largest absolute Gasteiger partial charge is 0.339 e. The summed E-state index contributed by atoms with van der Waals surface area (Å²) in [7, 11) is 1.74. The zero-order chi connectivity index (χ0) is 22.4.